The summed E-state index contributed by atoms with van der Waals surface area (Å²) in [6, 6.07) is 18.7. The first-order chi connectivity index (χ1) is 16.2. The van der Waals surface area contributed by atoms with Gasteiger partial charge >= 0.3 is 0 Å². The summed E-state index contributed by atoms with van der Waals surface area (Å²) in [4.78, 5) is 13.3. The lowest BCUT2D eigenvalue weighted by atomic mass is 10.0. The van der Waals surface area contributed by atoms with Crippen LogP contribution in [0.25, 0.3) is 0 Å². The Bertz CT molecular complexity index is 1240. The number of hydrogen-bond donors (Lipinski definition) is 1. The summed E-state index contributed by atoms with van der Waals surface area (Å²) < 4.78 is 33.6. The lowest BCUT2D eigenvalue weighted by molar-refractivity contribution is -0.120. The number of methoxy groups -OCH3 is 1. The number of aryl methyl sites for hydroxylation is 1. The minimum absolute atomic E-state index is 0.104. The van der Waals surface area contributed by atoms with Crippen molar-refractivity contribution in [3.63, 3.8) is 0 Å². The highest BCUT2D eigenvalue weighted by molar-refractivity contribution is 7.92. The van der Waals surface area contributed by atoms with E-state index in [-0.39, 0.29) is 17.5 Å². The molecular formula is C26H29ClN2O4S. The maximum absolute atomic E-state index is 13.6. The van der Waals surface area contributed by atoms with E-state index < -0.39 is 15.9 Å². The quantitative estimate of drug-likeness (QED) is 0.425. The lowest BCUT2D eigenvalue weighted by Gasteiger charge is -2.27. The second-order valence-corrected chi connectivity index (χ2v) is 10.3. The molecule has 8 heteroatoms. The van der Waals surface area contributed by atoms with E-state index in [9.17, 15) is 13.2 Å². The standard InChI is InChI=1S/C26H29ClN2O4S/c1-5-24(20-11-13-21(33-4)14-12-20)28-26(30)17-29(25-8-6-7-23(27)19(25)3)34(31,32)22-15-9-18(2)10-16-22/h6-16,24H,5,17H2,1-4H3,(H,28,30). The van der Waals surface area contributed by atoms with E-state index >= 15 is 0 Å². The second kappa shape index (κ2) is 10.9. The smallest absolute Gasteiger partial charge is 0.264 e. The minimum atomic E-state index is -4.02. The second-order valence-electron chi connectivity index (χ2n) is 8.01. The predicted molar refractivity (Wildman–Crippen MR) is 136 cm³/mol. The fourth-order valence-corrected chi connectivity index (χ4v) is 5.28. The molecule has 3 aromatic carbocycles. The van der Waals surface area contributed by atoms with Crippen molar-refractivity contribution in [1.29, 1.82) is 0 Å². The summed E-state index contributed by atoms with van der Waals surface area (Å²) in [5, 5.41) is 3.39. The molecule has 0 spiro atoms. The topological polar surface area (TPSA) is 75.7 Å². The van der Waals surface area contributed by atoms with Gasteiger partial charge in [-0.2, -0.15) is 0 Å². The van der Waals surface area contributed by atoms with Crippen LogP contribution in [0.5, 0.6) is 5.75 Å². The normalized spacial score (nSPS) is 12.1. The Balaban J connectivity index is 1.94. The van der Waals surface area contributed by atoms with Gasteiger partial charge in [-0.25, -0.2) is 8.42 Å². The number of rotatable bonds is 9. The highest BCUT2D eigenvalue weighted by atomic mass is 35.5. The van der Waals surface area contributed by atoms with Crippen molar-refractivity contribution in [2.45, 2.75) is 38.1 Å². The molecule has 0 heterocycles. The van der Waals surface area contributed by atoms with E-state index in [1.165, 1.54) is 0 Å². The number of halogens is 1. The summed E-state index contributed by atoms with van der Waals surface area (Å²) in [6.07, 6.45) is 0.638. The Morgan fingerprint density at radius 3 is 2.26 bits per heavy atom. The molecule has 0 radical (unpaired) electrons. The number of ether oxygens (including phenoxy) is 1. The van der Waals surface area contributed by atoms with Crippen molar-refractivity contribution in [3.8, 4) is 5.75 Å². The molecule has 0 aliphatic carbocycles. The van der Waals surface area contributed by atoms with Gasteiger partial charge in [-0.15, -0.1) is 0 Å². The molecule has 0 bridgehead atoms. The van der Waals surface area contributed by atoms with Gasteiger partial charge in [-0.1, -0.05) is 54.4 Å². The molecule has 1 atom stereocenters. The first-order valence-corrected chi connectivity index (χ1v) is 12.8. The lowest BCUT2D eigenvalue weighted by Crippen LogP contribution is -2.42. The van der Waals surface area contributed by atoms with Gasteiger partial charge in [0.25, 0.3) is 10.0 Å². The fraction of sp³-hybridized carbons (Fsp3) is 0.269. The SMILES string of the molecule is CCC(NC(=O)CN(c1cccc(Cl)c1C)S(=O)(=O)c1ccc(C)cc1)c1ccc(OC)cc1. The predicted octanol–water partition coefficient (Wildman–Crippen LogP) is 5.43. The molecule has 3 rings (SSSR count). The summed E-state index contributed by atoms with van der Waals surface area (Å²) in [5.74, 6) is 0.300. The first-order valence-electron chi connectivity index (χ1n) is 10.9. The number of nitrogens with zero attached hydrogens (tertiary/aromatic N) is 1. The Kier molecular flexibility index (Phi) is 8.23. The van der Waals surface area contributed by atoms with E-state index in [0.29, 0.717) is 22.7 Å². The van der Waals surface area contributed by atoms with Gasteiger partial charge in [0.05, 0.1) is 23.7 Å². The van der Waals surface area contributed by atoms with Crippen molar-refractivity contribution < 1.29 is 17.9 Å². The first kappa shape index (κ1) is 25.6. The zero-order chi connectivity index (χ0) is 24.9. The summed E-state index contributed by atoms with van der Waals surface area (Å²) >= 11 is 6.29. The number of amides is 1. The largest absolute Gasteiger partial charge is 0.497 e. The Morgan fingerprint density at radius 1 is 1.03 bits per heavy atom. The van der Waals surface area contributed by atoms with Crippen LogP contribution in [0.15, 0.2) is 71.6 Å². The van der Waals surface area contributed by atoms with E-state index in [1.807, 2.05) is 38.1 Å². The Morgan fingerprint density at radius 2 is 1.68 bits per heavy atom. The molecule has 0 saturated carbocycles. The minimum Gasteiger partial charge on any atom is -0.497 e. The van der Waals surface area contributed by atoms with Crippen molar-refractivity contribution in [1.82, 2.24) is 5.32 Å². The third-order valence-corrected chi connectivity index (χ3v) is 7.85. The number of carbonyl (C=O) groups is 1. The van der Waals surface area contributed by atoms with Crippen LogP contribution in [0.2, 0.25) is 5.02 Å². The Hall–Kier alpha value is -3.03. The zero-order valence-corrected chi connectivity index (χ0v) is 21.3. The molecule has 34 heavy (non-hydrogen) atoms. The average molecular weight is 501 g/mol. The van der Waals surface area contributed by atoms with Gasteiger partial charge < -0.3 is 10.1 Å². The Labute approximate surface area is 206 Å². The molecule has 1 N–H and O–H groups in total. The van der Waals surface area contributed by atoms with Gasteiger partial charge in [0.2, 0.25) is 5.91 Å². The van der Waals surface area contributed by atoms with Crippen molar-refractivity contribution in [2.24, 2.45) is 0 Å². The number of carbonyl (C=O) groups excluding carboxylic acids is 1. The highest BCUT2D eigenvalue weighted by Crippen LogP contribution is 2.31. The molecule has 0 aliphatic heterocycles. The van der Waals surface area contributed by atoms with E-state index in [4.69, 9.17) is 16.3 Å². The van der Waals surface area contributed by atoms with Crippen molar-refractivity contribution in [2.75, 3.05) is 18.0 Å². The molecular weight excluding hydrogens is 472 g/mol. The summed E-state index contributed by atoms with van der Waals surface area (Å²) in [7, 11) is -2.43. The monoisotopic (exact) mass is 500 g/mol. The van der Waals surface area contributed by atoms with Crippen LogP contribution in [-0.4, -0.2) is 28.0 Å². The molecule has 3 aromatic rings. The molecule has 1 unspecified atom stereocenters. The van der Waals surface area contributed by atoms with Crippen LogP contribution in [0.1, 0.15) is 36.1 Å². The van der Waals surface area contributed by atoms with Crippen LogP contribution in [-0.2, 0) is 14.8 Å². The average Bonchev–Trinajstić information content (AvgIpc) is 2.83. The van der Waals surface area contributed by atoms with Crippen molar-refractivity contribution >= 4 is 33.2 Å². The van der Waals surface area contributed by atoms with Crippen LogP contribution in [0.4, 0.5) is 5.69 Å². The summed E-state index contributed by atoms with van der Waals surface area (Å²) in [6.45, 7) is 5.19. The maximum Gasteiger partial charge on any atom is 0.264 e. The number of anilines is 1. The maximum atomic E-state index is 13.6. The van der Waals surface area contributed by atoms with E-state index in [0.717, 1.165) is 21.2 Å². The van der Waals surface area contributed by atoms with E-state index in [2.05, 4.69) is 5.32 Å². The van der Waals surface area contributed by atoms with Crippen LogP contribution in [0, 0.1) is 13.8 Å². The highest BCUT2D eigenvalue weighted by Gasteiger charge is 2.29. The number of nitrogens with one attached hydrogen (secondary N) is 1. The molecule has 0 fully saturated rings. The third kappa shape index (κ3) is 5.72. The van der Waals surface area contributed by atoms with Gasteiger partial charge in [0.1, 0.15) is 12.3 Å². The van der Waals surface area contributed by atoms with Crippen LogP contribution < -0.4 is 14.4 Å². The van der Waals surface area contributed by atoms with Gasteiger partial charge in [-0.05, 0) is 67.8 Å². The fourth-order valence-electron chi connectivity index (χ4n) is 3.63. The molecule has 1 amide bonds. The van der Waals surface area contributed by atoms with E-state index in [1.54, 1.807) is 56.5 Å². The van der Waals surface area contributed by atoms with Gasteiger partial charge in [0.15, 0.2) is 0 Å². The number of hydrogen-bond acceptors (Lipinski definition) is 4. The molecule has 6 nitrogen and oxygen atoms in total. The number of benzene rings is 3. The van der Waals surface area contributed by atoms with Crippen LogP contribution in [0.3, 0.4) is 0 Å². The molecule has 0 aliphatic rings. The molecule has 0 saturated heterocycles. The van der Waals surface area contributed by atoms with Gasteiger partial charge in [0, 0.05) is 5.02 Å². The summed E-state index contributed by atoms with van der Waals surface area (Å²) in [5.41, 5.74) is 2.78. The molecule has 180 valence electrons. The van der Waals surface area contributed by atoms with Crippen molar-refractivity contribution in [3.05, 3.63) is 88.4 Å². The van der Waals surface area contributed by atoms with Crippen LogP contribution >= 0.6 is 11.6 Å². The number of sulfonamides is 1. The zero-order valence-electron chi connectivity index (χ0n) is 19.7. The molecule has 0 aromatic heterocycles. The third-order valence-electron chi connectivity index (χ3n) is 5.67. The van der Waals surface area contributed by atoms with Gasteiger partial charge in [-0.3, -0.25) is 9.10 Å².